The van der Waals surface area contributed by atoms with Crippen LogP contribution in [0.5, 0.6) is 0 Å². The van der Waals surface area contributed by atoms with Gasteiger partial charge in [0.25, 0.3) is 0 Å². The van der Waals surface area contributed by atoms with E-state index < -0.39 is 6.04 Å². The Kier molecular flexibility index (Phi) is 10.9. The highest BCUT2D eigenvalue weighted by atomic mass is 35.5. The summed E-state index contributed by atoms with van der Waals surface area (Å²) in [6.07, 6.45) is 1.14. The second-order valence-corrected chi connectivity index (χ2v) is 8.93. The van der Waals surface area contributed by atoms with E-state index in [0.717, 1.165) is 16.7 Å². The van der Waals surface area contributed by atoms with Gasteiger partial charge in [-0.25, -0.2) is 4.39 Å². The van der Waals surface area contributed by atoms with E-state index in [9.17, 15) is 14.0 Å². The summed E-state index contributed by atoms with van der Waals surface area (Å²) in [6, 6.07) is 21.9. The second-order valence-electron chi connectivity index (χ2n) is 8.50. The van der Waals surface area contributed by atoms with Gasteiger partial charge >= 0.3 is 0 Å². The Morgan fingerprint density at radius 2 is 1.61 bits per heavy atom. The molecule has 3 aromatic carbocycles. The molecule has 0 spiro atoms. The molecular weight excluding hydrogens is 479 g/mol. The van der Waals surface area contributed by atoms with Crippen LogP contribution in [0.2, 0.25) is 5.02 Å². The van der Waals surface area contributed by atoms with Crippen LogP contribution in [-0.2, 0) is 33.7 Å². The van der Waals surface area contributed by atoms with E-state index in [2.05, 4.69) is 5.32 Å². The van der Waals surface area contributed by atoms with Gasteiger partial charge in [-0.05, 0) is 54.3 Å². The van der Waals surface area contributed by atoms with Gasteiger partial charge < -0.3 is 15.0 Å². The Hall–Kier alpha value is -3.22. The molecule has 2 amide bonds. The summed E-state index contributed by atoms with van der Waals surface area (Å²) in [5.74, 6) is -0.792. The lowest BCUT2D eigenvalue weighted by Gasteiger charge is -2.31. The van der Waals surface area contributed by atoms with Crippen molar-refractivity contribution in [3.8, 4) is 0 Å². The number of hydrogen-bond donors (Lipinski definition) is 1. The molecule has 0 aliphatic carbocycles. The van der Waals surface area contributed by atoms with Crippen molar-refractivity contribution >= 4 is 23.4 Å². The molecule has 1 N–H and O–H groups in total. The van der Waals surface area contributed by atoms with Crippen LogP contribution in [-0.4, -0.2) is 42.5 Å². The molecule has 3 rings (SSSR count). The summed E-state index contributed by atoms with van der Waals surface area (Å²) in [5, 5.41) is 3.56. The van der Waals surface area contributed by atoms with Crippen molar-refractivity contribution in [1.29, 1.82) is 0 Å². The molecule has 0 radical (unpaired) electrons. The fraction of sp³-hybridized carbons (Fsp3) is 0.310. The molecule has 1 atom stereocenters. The van der Waals surface area contributed by atoms with E-state index in [-0.39, 0.29) is 30.6 Å². The van der Waals surface area contributed by atoms with E-state index in [1.807, 2.05) is 37.3 Å². The molecule has 7 heteroatoms. The van der Waals surface area contributed by atoms with Gasteiger partial charge in [-0.15, -0.1) is 0 Å². The van der Waals surface area contributed by atoms with Crippen LogP contribution in [0.4, 0.5) is 4.39 Å². The monoisotopic (exact) mass is 510 g/mol. The number of rotatable bonds is 13. The number of ether oxygens (including phenoxy) is 1. The maximum Gasteiger partial charge on any atom is 0.243 e. The van der Waals surface area contributed by atoms with E-state index in [0.29, 0.717) is 37.6 Å². The Bertz CT molecular complexity index is 1090. The van der Waals surface area contributed by atoms with Crippen LogP contribution in [0.3, 0.4) is 0 Å². The van der Waals surface area contributed by atoms with Gasteiger partial charge in [-0.2, -0.15) is 0 Å². The van der Waals surface area contributed by atoms with Crippen molar-refractivity contribution in [2.24, 2.45) is 0 Å². The number of benzene rings is 3. The third kappa shape index (κ3) is 8.77. The first-order chi connectivity index (χ1) is 17.5. The SMILES string of the molecule is CCOCCCNC(=O)[C@@H](Cc1ccccc1)N(Cc1ccc(F)cc1)C(=O)Cc1ccc(Cl)cc1. The first-order valence-electron chi connectivity index (χ1n) is 12.1. The lowest BCUT2D eigenvalue weighted by molar-refractivity contribution is -0.140. The highest BCUT2D eigenvalue weighted by Crippen LogP contribution is 2.18. The van der Waals surface area contributed by atoms with Crippen LogP contribution in [0.15, 0.2) is 78.9 Å². The van der Waals surface area contributed by atoms with Crippen molar-refractivity contribution in [1.82, 2.24) is 10.2 Å². The third-order valence-corrected chi connectivity index (χ3v) is 6.03. The Morgan fingerprint density at radius 1 is 0.944 bits per heavy atom. The molecule has 0 bridgehead atoms. The quantitative estimate of drug-likeness (QED) is 0.321. The lowest BCUT2D eigenvalue weighted by atomic mass is 10.0. The van der Waals surface area contributed by atoms with Gasteiger partial charge in [-0.3, -0.25) is 9.59 Å². The maximum atomic E-state index is 13.6. The van der Waals surface area contributed by atoms with Gasteiger partial charge in [0.15, 0.2) is 0 Å². The number of carbonyl (C=O) groups excluding carboxylic acids is 2. The smallest absolute Gasteiger partial charge is 0.243 e. The van der Waals surface area contributed by atoms with Crippen LogP contribution >= 0.6 is 11.6 Å². The highest BCUT2D eigenvalue weighted by Gasteiger charge is 2.30. The number of hydrogen-bond acceptors (Lipinski definition) is 3. The minimum atomic E-state index is -0.746. The summed E-state index contributed by atoms with van der Waals surface area (Å²) in [7, 11) is 0. The highest BCUT2D eigenvalue weighted by molar-refractivity contribution is 6.30. The average Bonchev–Trinajstić information content (AvgIpc) is 2.89. The number of nitrogens with one attached hydrogen (secondary N) is 1. The lowest BCUT2D eigenvalue weighted by Crippen LogP contribution is -2.51. The first kappa shape index (κ1) is 27.4. The van der Waals surface area contributed by atoms with Gasteiger partial charge in [0, 0.05) is 37.7 Å². The minimum Gasteiger partial charge on any atom is -0.382 e. The second kappa shape index (κ2) is 14.4. The number of halogens is 2. The Balaban J connectivity index is 1.87. The first-order valence-corrected chi connectivity index (χ1v) is 12.5. The molecule has 0 unspecified atom stereocenters. The number of amides is 2. The predicted molar refractivity (Wildman–Crippen MR) is 140 cm³/mol. The fourth-order valence-corrected chi connectivity index (χ4v) is 3.99. The molecule has 0 saturated heterocycles. The summed E-state index contributed by atoms with van der Waals surface area (Å²) >= 11 is 6.01. The zero-order valence-electron chi connectivity index (χ0n) is 20.5. The van der Waals surface area contributed by atoms with Crippen molar-refractivity contribution in [3.05, 3.63) is 106 Å². The molecule has 0 heterocycles. The molecule has 190 valence electrons. The standard InChI is InChI=1S/C29H32ClFN2O3/c1-2-36-18-6-17-32-29(35)27(19-22-7-4-3-5-8-22)33(21-24-11-15-26(31)16-12-24)28(34)20-23-9-13-25(30)14-10-23/h3-5,7-16,27H,2,6,17-21H2,1H3,(H,32,35)/t27-/m1/s1. The van der Waals surface area contributed by atoms with E-state index >= 15 is 0 Å². The maximum absolute atomic E-state index is 13.6. The van der Waals surface area contributed by atoms with Crippen molar-refractivity contribution < 1.29 is 18.7 Å². The molecule has 0 aromatic heterocycles. The van der Waals surface area contributed by atoms with Crippen molar-refractivity contribution in [2.75, 3.05) is 19.8 Å². The largest absolute Gasteiger partial charge is 0.382 e. The molecular formula is C29H32ClFN2O3. The van der Waals surface area contributed by atoms with Crippen LogP contribution in [0.1, 0.15) is 30.0 Å². The van der Waals surface area contributed by atoms with Gasteiger partial charge in [0.1, 0.15) is 11.9 Å². The summed E-state index contributed by atoms with van der Waals surface area (Å²) in [6.45, 7) is 3.72. The Labute approximate surface area is 217 Å². The normalized spacial score (nSPS) is 11.6. The predicted octanol–water partition coefficient (Wildman–Crippen LogP) is 5.20. The number of carbonyl (C=O) groups is 2. The Morgan fingerprint density at radius 3 is 2.28 bits per heavy atom. The molecule has 5 nitrogen and oxygen atoms in total. The third-order valence-electron chi connectivity index (χ3n) is 5.77. The summed E-state index contributed by atoms with van der Waals surface area (Å²) in [5.41, 5.74) is 2.47. The van der Waals surface area contributed by atoms with E-state index in [1.165, 1.54) is 12.1 Å². The van der Waals surface area contributed by atoms with Gasteiger partial charge in [0.05, 0.1) is 6.42 Å². The number of nitrogens with zero attached hydrogens (tertiary/aromatic N) is 1. The molecule has 36 heavy (non-hydrogen) atoms. The molecule has 3 aromatic rings. The van der Waals surface area contributed by atoms with Crippen LogP contribution in [0, 0.1) is 5.82 Å². The average molecular weight is 511 g/mol. The molecule has 0 aliphatic heterocycles. The zero-order chi connectivity index (χ0) is 25.8. The summed E-state index contributed by atoms with van der Waals surface area (Å²) in [4.78, 5) is 28.7. The topological polar surface area (TPSA) is 58.6 Å². The molecule has 0 saturated carbocycles. The van der Waals surface area contributed by atoms with Crippen molar-refractivity contribution in [2.45, 2.75) is 38.8 Å². The van der Waals surface area contributed by atoms with Crippen LogP contribution < -0.4 is 5.32 Å². The zero-order valence-corrected chi connectivity index (χ0v) is 21.2. The minimum absolute atomic E-state index is 0.112. The van der Waals surface area contributed by atoms with Gasteiger partial charge in [0.2, 0.25) is 11.8 Å². The fourth-order valence-electron chi connectivity index (χ4n) is 3.87. The van der Waals surface area contributed by atoms with Crippen LogP contribution in [0.25, 0.3) is 0 Å². The van der Waals surface area contributed by atoms with Gasteiger partial charge in [-0.1, -0.05) is 66.2 Å². The molecule has 0 aliphatic rings. The van der Waals surface area contributed by atoms with Crippen molar-refractivity contribution in [3.63, 3.8) is 0 Å². The van der Waals surface area contributed by atoms with E-state index in [4.69, 9.17) is 16.3 Å². The molecule has 0 fully saturated rings. The summed E-state index contributed by atoms with van der Waals surface area (Å²) < 4.78 is 18.9. The van der Waals surface area contributed by atoms with E-state index in [1.54, 1.807) is 41.3 Å².